The van der Waals surface area contributed by atoms with Crippen molar-refractivity contribution >= 4 is 22.7 Å². The first-order valence-corrected chi connectivity index (χ1v) is 3.94. The highest BCUT2D eigenvalue weighted by molar-refractivity contribution is 5.83. The van der Waals surface area contributed by atoms with Gasteiger partial charge in [-0.2, -0.15) is 4.99 Å². The quantitative estimate of drug-likeness (QED) is 0.479. The van der Waals surface area contributed by atoms with Crippen LogP contribution in [0.15, 0.2) is 35.5 Å². The van der Waals surface area contributed by atoms with Crippen LogP contribution in [0.5, 0.6) is 0 Å². The Morgan fingerprint density at radius 1 is 1.38 bits per heavy atom. The van der Waals surface area contributed by atoms with Crippen LogP contribution in [-0.4, -0.2) is 10.6 Å². The summed E-state index contributed by atoms with van der Waals surface area (Å²) in [7, 11) is 1.98. The molecule has 0 aliphatic carbocycles. The normalized spacial score (nSPS) is 9.92. The molecule has 1 aromatic carbocycles. The van der Waals surface area contributed by atoms with Gasteiger partial charge in [-0.3, -0.25) is 0 Å². The summed E-state index contributed by atoms with van der Waals surface area (Å²) in [5.41, 5.74) is 1.78. The number of fused-ring (bicyclic) bond motifs is 1. The molecule has 1 heterocycles. The molecule has 1 aromatic heterocycles. The summed E-state index contributed by atoms with van der Waals surface area (Å²) in [5.74, 6) is 0. The van der Waals surface area contributed by atoms with Gasteiger partial charge >= 0.3 is 0 Å². The fraction of sp³-hybridized carbons (Fsp3) is 0.100. The van der Waals surface area contributed by atoms with Crippen LogP contribution in [0.2, 0.25) is 0 Å². The van der Waals surface area contributed by atoms with Crippen LogP contribution in [0.3, 0.4) is 0 Å². The minimum atomic E-state index is 0.647. The van der Waals surface area contributed by atoms with Crippen molar-refractivity contribution in [1.29, 1.82) is 0 Å². The lowest BCUT2D eigenvalue weighted by atomic mass is 10.2. The van der Waals surface area contributed by atoms with Gasteiger partial charge in [0.1, 0.15) is 0 Å². The predicted octanol–water partition coefficient (Wildman–Crippen LogP) is 2.15. The van der Waals surface area contributed by atoms with Gasteiger partial charge in [0.05, 0.1) is 5.69 Å². The van der Waals surface area contributed by atoms with Gasteiger partial charge in [0, 0.05) is 24.1 Å². The first-order chi connectivity index (χ1) is 6.31. The Morgan fingerprint density at radius 3 is 3.00 bits per heavy atom. The fourth-order valence-corrected chi connectivity index (χ4v) is 1.39. The molecule has 0 fully saturated rings. The van der Waals surface area contributed by atoms with E-state index in [0.29, 0.717) is 5.69 Å². The molecule has 0 spiro atoms. The summed E-state index contributed by atoms with van der Waals surface area (Å²) < 4.78 is 2.02. The van der Waals surface area contributed by atoms with E-state index in [0.717, 1.165) is 10.9 Å². The number of aliphatic imine (C=N–C) groups is 1. The molecular formula is C10H8N2O. The average Bonchev–Trinajstić information content (AvgIpc) is 2.48. The molecule has 0 radical (unpaired) electrons. The zero-order valence-corrected chi connectivity index (χ0v) is 7.19. The molecule has 0 amide bonds. The van der Waals surface area contributed by atoms with Gasteiger partial charge in [0.2, 0.25) is 6.08 Å². The number of isocyanates is 1. The minimum absolute atomic E-state index is 0.647. The third-order valence-electron chi connectivity index (χ3n) is 2.04. The van der Waals surface area contributed by atoms with E-state index in [4.69, 9.17) is 0 Å². The van der Waals surface area contributed by atoms with Crippen LogP contribution in [0.25, 0.3) is 10.9 Å². The SMILES string of the molecule is Cn1ccc2cc(N=C=O)ccc21. The second-order valence-electron chi connectivity index (χ2n) is 2.87. The maximum atomic E-state index is 10.0. The van der Waals surface area contributed by atoms with Crippen molar-refractivity contribution in [3.8, 4) is 0 Å². The van der Waals surface area contributed by atoms with Crippen molar-refractivity contribution in [2.24, 2.45) is 12.0 Å². The third-order valence-corrected chi connectivity index (χ3v) is 2.04. The molecule has 0 aliphatic rings. The van der Waals surface area contributed by atoms with Crippen LogP contribution in [0.4, 0.5) is 5.69 Å². The number of aromatic nitrogens is 1. The van der Waals surface area contributed by atoms with Crippen LogP contribution in [0.1, 0.15) is 0 Å². The predicted molar refractivity (Wildman–Crippen MR) is 50.7 cm³/mol. The van der Waals surface area contributed by atoms with Gasteiger partial charge in [-0.15, -0.1) is 0 Å². The van der Waals surface area contributed by atoms with Crippen molar-refractivity contribution in [2.45, 2.75) is 0 Å². The Bertz CT molecular complexity index is 493. The van der Waals surface area contributed by atoms with E-state index < -0.39 is 0 Å². The highest BCUT2D eigenvalue weighted by atomic mass is 16.1. The molecule has 0 saturated carbocycles. The lowest BCUT2D eigenvalue weighted by Crippen LogP contribution is -1.81. The van der Waals surface area contributed by atoms with E-state index >= 15 is 0 Å². The molecule has 0 aliphatic heterocycles. The van der Waals surface area contributed by atoms with Crippen molar-refractivity contribution in [1.82, 2.24) is 4.57 Å². The van der Waals surface area contributed by atoms with Gasteiger partial charge in [0.15, 0.2) is 0 Å². The molecule has 3 heteroatoms. The summed E-state index contributed by atoms with van der Waals surface area (Å²) in [4.78, 5) is 13.6. The number of benzene rings is 1. The molecule has 0 atom stereocenters. The zero-order valence-electron chi connectivity index (χ0n) is 7.19. The Balaban J connectivity index is 2.69. The van der Waals surface area contributed by atoms with Crippen molar-refractivity contribution in [3.05, 3.63) is 30.5 Å². The second-order valence-corrected chi connectivity index (χ2v) is 2.87. The molecule has 0 bridgehead atoms. The number of hydrogen-bond acceptors (Lipinski definition) is 2. The number of nitrogens with zero attached hydrogens (tertiary/aromatic N) is 2. The standard InChI is InChI=1S/C10H8N2O/c1-12-5-4-8-6-9(11-7-13)2-3-10(8)12/h2-6H,1H3. The van der Waals surface area contributed by atoms with E-state index in [1.165, 1.54) is 6.08 Å². The molecule has 64 valence electrons. The molecule has 2 aromatic rings. The number of hydrogen-bond donors (Lipinski definition) is 0. The monoisotopic (exact) mass is 172 g/mol. The summed E-state index contributed by atoms with van der Waals surface area (Å²) in [6, 6.07) is 7.58. The van der Waals surface area contributed by atoms with E-state index in [9.17, 15) is 4.79 Å². The molecule has 3 nitrogen and oxygen atoms in total. The molecule has 2 rings (SSSR count). The first kappa shape index (κ1) is 7.77. The molecule has 0 saturated heterocycles. The number of rotatable bonds is 1. The van der Waals surface area contributed by atoms with Crippen LogP contribution in [-0.2, 0) is 11.8 Å². The van der Waals surface area contributed by atoms with Crippen molar-refractivity contribution in [3.63, 3.8) is 0 Å². The van der Waals surface area contributed by atoms with E-state index in [1.807, 2.05) is 36.0 Å². The van der Waals surface area contributed by atoms with E-state index in [2.05, 4.69) is 4.99 Å². The van der Waals surface area contributed by atoms with Crippen LogP contribution >= 0.6 is 0 Å². The molecule has 0 unspecified atom stereocenters. The Labute approximate surface area is 75.3 Å². The highest BCUT2D eigenvalue weighted by Crippen LogP contribution is 2.20. The zero-order chi connectivity index (χ0) is 9.26. The number of aryl methyl sites for hydroxylation is 1. The Kier molecular flexibility index (Phi) is 1.72. The summed E-state index contributed by atoms with van der Waals surface area (Å²) in [6.07, 6.45) is 3.49. The molecule has 0 N–H and O–H groups in total. The summed E-state index contributed by atoms with van der Waals surface area (Å²) in [5, 5.41) is 1.08. The highest BCUT2D eigenvalue weighted by Gasteiger charge is 1.97. The Morgan fingerprint density at radius 2 is 2.23 bits per heavy atom. The van der Waals surface area contributed by atoms with Crippen LogP contribution in [0, 0.1) is 0 Å². The van der Waals surface area contributed by atoms with Crippen LogP contribution < -0.4 is 0 Å². The van der Waals surface area contributed by atoms with Gasteiger partial charge in [0.25, 0.3) is 0 Å². The molecular weight excluding hydrogens is 164 g/mol. The maximum absolute atomic E-state index is 10.0. The number of carbonyl (C=O) groups excluding carboxylic acids is 1. The largest absolute Gasteiger partial charge is 0.351 e. The smallest absolute Gasteiger partial charge is 0.240 e. The lowest BCUT2D eigenvalue weighted by molar-refractivity contribution is 0.565. The van der Waals surface area contributed by atoms with Gasteiger partial charge < -0.3 is 4.57 Å². The lowest BCUT2D eigenvalue weighted by Gasteiger charge is -1.95. The minimum Gasteiger partial charge on any atom is -0.351 e. The van der Waals surface area contributed by atoms with Crippen molar-refractivity contribution in [2.75, 3.05) is 0 Å². The second kappa shape index (κ2) is 2.88. The Hall–Kier alpha value is -1.86. The summed E-state index contributed by atoms with van der Waals surface area (Å²) in [6.45, 7) is 0. The van der Waals surface area contributed by atoms with Crippen molar-refractivity contribution < 1.29 is 4.79 Å². The van der Waals surface area contributed by atoms with Gasteiger partial charge in [-0.05, 0) is 24.3 Å². The topological polar surface area (TPSA) is 34.4 Å². The van der Waals surface area contributed by atoms with Gasteiger partial charge in [-0.25, -0.2) is 4.79 Å². The third kappa shape index (κ3) is 1.25. The maximum Gasteiger partial charge on any atom is 0.240 e. The fourth-order valence-electron chi connectivity index (χ4n) is 1.39. The van der Waals surface area contributed by atoms with E-state index in [1.54, 1.807) is 6.07 Å². The summed E-state index contributed by atoms with van der Waals surface area (Å²) >= 11 is 0. The first-order valence-electron chi connectivity index (χ1n) is 3.94. The van der Waals surface area contributed by atoms with E-state index in [-0.39, 0.29) is 0 Å². The molecule has 13 heavy (non-hydrogen) atoms. The van der Waals surface area contributed by atoms with Gasteiger partial charge in [-0.1, -0.05) is 0 Å². The average molecular weight is 172 g/mol.